The van der Waals surface area contributed by atoms with Crippen LogP contribution in [0.2, 0.25) is 0 Å². The van der Waals surface area contributed by atoms with Gasteiger partial charge in [-0.3, -0.25) is 10.0 Å². The third-order valence-electron chi connectivity index (χ3n) is 5.28. The molecule has 0 saturated carbocycles. The van der Waals surface area contributed by atoms with E-state index in [1.54, 1.807) is 0 Å². The summed E-state index contributed by atoms with van der Waals surface area (Å²) in [5, 5.41) is 8.56. The van der Waals surface area contributed by atoms with Gasteiger partial charge in [-0.1, -0.05) is 30.3 Å². The van der Waals surface area contributed by atoms with E-state index >= 15 is 0 Å². The summed E-state index contributed by atoms with van der Waals surface area (Å²) in [5.41, 5.74) is 6.70. The number of ether oxygens (including phenoxy) is 2. The molecule has 0 saturated heterocycles. The third-order valence-corrected chi connectivity index (χ3v) is 7.03. The molecule has 4 rings (SSSR count). The minimum Gasteiger partial charge on any atom is -0.454 e. The minimum atomic E-state index is -3.76. The summed E-state index contributed by atoms with van der Waals surface area (Å²) >= 11 is 0. The second-order valence-electron chi connectivity index (χ2n) is 7.23. The molecule has 8 nitrogen and oxygen atoms in total. The van der Waals surface area contributed by atoms with Crippen LogP contribution in [0.3, 0.4) is 0 Å². The van der Waals surface area contributed by atoms with E-state index in [4.69, 9.17) is 14.7 Å². The first-order chi connectivity index (χ1) is 14.4. The summed E-state index contributed by atoms with van der Waals surface area (Å²) in [6.45, 7) is 2.76. The van der Waals surface area contributed by atoms with E-state index in [0.717, 1.165) is 39.3 Å². The van der Waals surface area contributed by atoms with Crippen LogP contribution in [0.4, 0.5) is 0 Å². The number of benzene rings is 2. The van der Waals surface area contributed by atoms with Crippen molar-refractivity contribution in [3.63, 3.8) is 0 Å². The van der Waals surface area contributed by atoms with E-state index in [2.05, 4.69) is 12.1 Å². The highest BCUT2D eigenvalue weighted by atomic mass is 32.2. The van der Waals surface area contributed by atoms with Crippen molar-refractivity contribution in [1.82, 2.24) is 9.79 Å². The lowest BCUT2D eigenvalue weighted by atomic mass is 9.93. The highest BCUT2D eigenvalue weighted by Crippen LogP contribution is 2.37. The molecule has 2 heterocycles. The van der Waals surface area contributed by atoms with Gasteiger partial charge in [-0.2, -0.15) is 4.31 Å². The van der Waals surface area contributed by atoms with Crippen LogP contribution in [-0.2, 0) is 14.8 Å². The number of hydrogen-bond donors (Lipinski definition) is 2. The van der Waals surface area contributed by atoms with Crippen molar-refractivity contribution in [3.05, 3.63) is 53.6 Å². The van der Waals surface area contributed by atoms with E-state index in [-0.39, 0.29) is 19.9 Å². The zero-order valence-corrected chi connectivity index (χ0v) is 17.2. The number of sulfonamides is 1. The van der Waals surface area contributed by atoms with Gasteiger partial charge in [-0.05, 0) is 53.3 Å². The monoisotopic (exact) mass is 430 g/mol. The number of amides is 1. The Bertz CT molecular complexity index is 1130. The first-order valence-corrected chi connectivity index (χ1v) is 11.1. The lowest BCUT2D eigenvalue weighted by molar-refractivity contribution is -0.126. The SMILES string of the molecule is Cc1cc(C2=CCN(S(=O)(=O)CC(=O)NO)CC2)ccc1-c1ccc2c(c1)OCO2. The van der Waals surface area contributed by atoms with Crippen molar-refractivity contribution < 1.29 is 27.9 Å². The van der Waals surface area contributed by atoms with Crippen LogP contribution >= 0.6 is 0 Å². The van der Waals surface area contributed by atoms with Crippen LogP contribution < -0.4 is 15.0 Å². The summed E-state index contributed by atoms with van der Waals surface area (Å²) in [6.07, 6.45) is 2.41. The van der Waals surface area contributed by atoms with Crippen LogP contribution in [0.1, 0.15) is 17.5 Å². The Morgan fingerprint density at radius 2 is 1.90 bits per heavy atom. The molecule has 1 amide bonds. The quantitative estimate of drug-likeness (QED) is 0.557. The van der Waals surface area contributed by atoms with Gasteiger partial charge in [0.25, 0.3) is 5.91 Å². The number of carbonyl (C=O) groups is 1. The molecular weight excluding hydrogens is 408 g/mol. The normalized spacial score (nSPS) is 16.3. The van der Waals surface area contributed by atoms with Crippen molar-refractivity contribution in [2.24, 2.45) is 0 Å². The molecule has 0 spiro atoms. The van der Waals surface area contributed by atoms with E-state index in [1.165, 1.54) is 9.79 Å². The molecule has 0 aromatic heterocycles. The number of aryl methyl sites for hydroxylation is 1. The van der Waals surface area contributed by atoms with Crippen molar-refractivity contribution >= 4 is 21.5 Å². The largest absolute Gasteiger partial charge is 0.454 e. The number of carbonyl (C=O) groups excluding carboxylic acids is 1. The fraction of sp³-hybridized carbons (Fsp3) is 0.286. The Balaban J connectivity index is 1.51. The molecule has 0 atom stereocenters. The molecule has 2 aliphatic heterocycles. The van der Waals surface area contributed by atoms with Gasteiger partial charge in [0.15, 0.2) is 11.5 Å². The second kappa shape index (κ2) is 8.10. The van der Waals surface area contributed by atoms with E-state index in [9.17, 15) is 13.2 Å². The second-order valence-corrected chi connectivity index (χ2v) is 9.20. The molecular formula is C21H22N2O6S. The van der Waals surface area contributed by atoms with Crippen LogP contribution in [0, 0.1) is 6.92 Å². The fourth-order valence-corrected chi connectivity index (χ4v) is 4.96. The molecule has 0 aliphatic carbocycles. The van der Waals surface area contributed by atoms with Crippen molar-refractivity contribution in [2.75, 3.05) is 25.6 Å². The van der Waals surface area contributed by atoms with Gasteiger partial charge in [-0.15, -0.1) is 0 Å². The third kappa shape index (κ3) is 4.04. The Kier molecular flexibility index (Phi) is 5.50. The van der Waals surface area contributed by atoms with Gasteiger partial charge in [-0.25, -0.2) is 13.9 Å². The number of hydroxylamine groups is 1. The smallest absolute Gasteiger partial charge is 0.259 e. The van der Waals surface area contributed by atoms with Crippen LogP contribution in [0.15, 0.2) is 42.5 Å². The molecule has 2 N–H and O–H groups in total. The molecule has 0 fully saturated rings. The lowest BCUT2D eigenvalue weighted by Crippen LogP contribution is -2.40. The maximum atomic E-state index is 12.2. The number of hydrogen-bond acceptors (Lipinski definition) is 6. The number of nitrogens with zero attached hydrogens (tertiary/aromatic N) is 1. The maximum absolute atomic E-state index is 12.2. The van der Waals surface area contributed by atoms with Gasteiger partial charge in [0.1, 0.15) is 5.75 Å². The number of rotatable bonds is 5. The Labute approximate surface area is 174 Å². The van der Waals surface area contributed by atoms with Gasteiger partial charge in [0.05, 0.1) is 0 Å². The molecule has 0 bridgehead atoms. The highest BCUT2D eigenvalue weighted by molar-refractivity contribution is 7.89. The molecule has 2 aliphatic rings. The van der Waals surface area contributed by atoms with E-state index in [1.807, 2.05) is 37.3 Å². The molecule has 9 heteroatoms. The summed E-state index contributed by atoms with van der Waals surface area (Å²) in [7, 11) is -3.76. The molecule has 30 heavy (non-hydrogen) atoms. The predicted molar refractivity (Wildman–Crippen MR) is 111 cm³/mol. The first-order valence-electron chi connectivity index (χ1n) is 9.48. The predicted octanol–water partition coefficient (Wildman–Crippen LogP) is 2.32. The zero-order chi connectivity index (χ0) is 21.3. The molecule has 158 valence electrons. The van der Waals surface area contributed by atoms with E-state index in [0.29, 0.717) is 6.42 Å². The van der Waals surface area contributed by atoms with Gasteiger partial charge >= 0.3 is 0 Å². The molecule has 0 unspecified atom stereocenters. The number of fused-ring (bicyclic) bond motifs is 1. The maximum Gasteiger partial charge on any atom is 0.259 e. The fourth-order valence-electron chi connectivity index (χ4n) is 3.71. The summed E-state index contributed by atoms with van der Waals surface area (Å²) in [6, 6.07) is 12.0. The minimum absolute atomic E-state index is 0.194. The zero-order valence-electron chi connectivity index (χ0n) is 16.4. The molecule has 2 aromatic carbocycles. The molecule has 0 radical (unpaired) electrons. The van der Waals surface area contributed by atoms with Crippen molar-refractivity contribution in [2.45, 2.75) is 13.3 Å². The first kappa shape index (κ1) is 20.4. The Hall–Kier alpha value is -2.88. The van der Waals surface area contributed by atoms with Crippen LogP contribution in [0.5, 0.6) is 11.5 Å². The van der Waals surface area contributed by atoms with Crippen molar-refractivity contribution in [3.8, 4) is 22.6 Å². The summed E-state index contributed by atoms with van der Waals surface area (Å²) in [5.74, 6) is -0.228. The standard InChI is InChI=1S/C21H22N2O6S/c1-14-10-16(2-4-18(14)17-3-5-19-20(11-17)29-13-28-19)15-6-8-23(9-7-15)30(26,27)12-21(24)22-25/h2-6,10-11,25H,7-9,12-13H2,1H3,(H,22,24). The van der Waals surface area contributed by atoms with Gasteiger partial charge in [0.2, 0.25) is 16.8 Å². The average molecular weight is 430 g/mol. The summed E-state index contributed by atoms with van der Waals surface area (Å²) < 4.78 is 36.6. The van der Waals surface area contributed by atoms with Gasteiger partial charge in [0, 0.05) is 13.1 Å². The number of nitrogens with one attached hydrogen (secondary N) is 1. The highest BCUT2D eigenvalue weighted by Gasteiger charge is 2.27. The Morgan fingerprint density at radius 3 is 2.60 bits per heavy atom. The van der Waals surface area contributed by atoms with Gasteiger partial charge < -0.3 is 9.47 Å². The Morgan fingerprint density at radius 1 is 1.13 bits per heavy atom. The summed E-state index contributed by atoms with van der Waals surface area (Å²) in [4.78, 5) is 11.2. The topological polar surface area (TPSA) is 105 Å². The van der Waals surface area contributed by atoms with E-state index < -0.39 is 21.7 Å². The van der Waals surface area contributed by atoms with Crippen LogP contribution in [-0.4, -0.2) is 49.5 Å². The van der Waals surface area contributed by atoms with Crippen molar-refractivity contribution in [1.29, 1.82) is 0 Å². The average Bonchev–Trinajstić information content (AvgIpc) is 3.21. The molecule has 2 aromatic rings. The van der Waals surface area contributed by atoms with Crippen LogP contribution in [0.25, 0.3) is 16.7 Å². The lowest BCUT2D eigenvalue weighted by Gasteiger charge is -2.26.